The molecule has 2 aromatic carbocycles. The van der Waals surface area contributed by atoms with E-state index in [-0.39, 0.29) is 0 Å². The molecule has 0 saturated heterocycles. The van der Waals surface area contributed by atoms with E-state index >= 15 is 0 Å². The molecule has 0 unspecified atom stereocenters. The quantitative estimate of drug-likeness (QED) is 0.624. The molecule has 0 amide bonds. The summed E-state index contributed by atoms with van der Waals surface area (Å²) >= 11 is 0. The number of nitrogens with two attached hydrogens (primary N) is 2. The fourth-order valence-electron chi connectivity index (χ4n) is 1.86. The Morgan fingerprint density at radius 1 is 0.941 bits per heavy atom. The van der Waals surface area contributed by atoms with Crippen molar-refractivity contribution in [2.24, 2.45) is 0 Å². The molecule has 0 aliphatic carbocycles. The van der Waals surface area contributed by atoms with Crippen molar-refractivity contribution in [3.05, 3.63) is 42.5 Å². The van der Waals surface area contributed by atoms with Gasteiger partial charge in [0, 0.05) is 5.69 Å². The zero-order valence-corrected chi connectivity index (χ0v) is 9.05. The number of aromatic nitrogens is 1. The fraction of sp³-hybridized carbons (Fsp3) is 0. The van der Waals surface area contributed by atoms with Gasteiger partial charge in [0.25, 0.3) is 0 Å². The number of hydrogen-bond acceptors (Lipinski definition) is 4. The lowest BCUT2D eigenvalue weighted by Crippen LogP contribution is -1.86. The van der Waals surface area contributed by atoms with Gasteiger partial charge >= 0.3 is 0 Å². The van der Waals surface area contributed by atoms with Crippen LogP contribution in [0.1, 0.15) is 0 Å². The Balaban J connectivity index is 2.20. The molecule has 0 atom stereocenters. The van der Waals surface area contributed by atoms with E-state index in [2.05, 4.69) is 5.16 Å². The highest BCUT2D eigenvalue weighted by molar-refractivity contribution is 5.91. The van der Waals surface area contributed by atoms with Gasteiger partial charge in [-0.05, 0) is 35.4 Å². The topological polar surface area (TPSA) is 78.1 Å². The van der Waals surface area contributed by atoms with Gasteiger partial charge in [-0.25, -0.2) is 0 Å². The third kappa shape index (κ3) is 1.59. The van der Waals surface area contributed by atoms with Gasteiger partial charge in [0.2, 0.25) is 0 Å². The molecule has 0 saturated carbocycles. The molecule has 0 aliphatic rings. The second-order valence-corrected chi connectivity index (χ2v) is 3.90. The molecule has 1 heterocycles. The molecule has 0 radical (unpaired) electrons. The van der Waals surface area contributed by atoms with Crippen LogP contribution in [0.15, 0.2) is 47.0 Å². The van der Waals surface area contributed by atoms with Gasteiger partial charge in [-0.3, -0.25) is 0 Å². The van der Waals surface area contributed by atoms with Crippen LogP contribution in [0.4, 0.5) is 11.5 Å². The minimum absolute atomic E-state index is 0.408. The van der Waals surface area contributed by atoms with Crippen molar-refractivity contribution < 1.29 is 4.52 Å². The summed E-state index contributed by atoms with van der Waals surface area (Å²) in [5.74, 6) is 0.408. The second kappa shape index (κ2) is 3.52. The molecule has 3 rings (SSSR count). The van der Waals surface area contributed by atoms with E-state index < -0.39 is 0 Å². The van der Waals surface area contributed by atoms with Gasteiger partial charge in [-0.15, -0.1) is 0 Å². The summed E-state index contributed by atoms with van der Waals surface area (Å²) in [6.45, 7) is 0. The van der Waals surface area contributed by atoms with Gasteiger partial charge in [0.1, 0.15) is 0 Å². The molecule has 0 bridgehead atoms. The fourth-order valence-corrected chi connectivity index (χ4v) is 1.86. The summed E-state index contributed by atoms with van der Waals surface area (Å²) in [4.78, 5) is 0. The number of anilines is 2. The summed E-state index contributed by atoms with van der Waals surface area (Å²) in [6, 6.07) is 13.5. The second-order valence-electron chi connectivity index (χ2n) is 3.90. The van der Waals surface area contributed by atoms with E-state index in [1.165, 1.54) is 0 Å². The van der Waals surface area contributed by atoms with Gasteiger partial charge < -0.3 is 16.0 Å². The van der Waals surface area contributed by atoms with Crippen molar-refractivity contribution in [3.63, 3.8) is 0 Å². The number of nitrogens with zero attached hydrogens (tertiary/aromatic N) is 1. The van der Waals surface area contributed by atoms with Crippen molar-refractivity contribution in [3.8, 4) is 11.1 Å². The molecule has 1 aromatic heterocycles. The van der Waals surface area contributed by atoms with Crippen molar-refractivity contribution in [1.29, 1.82) is 0 Å². The molecule has 84 valence electrons. The summed E-state index contributed by atoms with van der Waals surface area (Å²) < 4.78 is 5.06. The van der Waals surface area contributed by atoms with E-state index in [1.807, 2.05) is 42.5 Å². The van der Waals surface area contributed by atoms with Crippen LogP contribution >= 0.6 is 0 Å². The molecular weight excluding hydrogens is 214 g/mol. The Morgan fingerprint density at radius 2 is 1.76 bits per heavy atom. The number of rotatable bonds is 1. The van der Waals surface area contributed by atoms with Crippen LogP contribution in [-0.4, -0.2) is 5.16 Å². The monoisotopic (exact) mass is 225 g/mol. The summed E-state index contributed by atoms with van der Waals surface area (Å²) in [7, 11) is 0. The van der Waals surface area contributed by atoms with Crippen molar-refractivity contribution >= 4 is 22.5 Å². The maximum absolute atomic E-state index is 5.76. The van der Waals surface area contributed by atoms with Crippen LogP contribution in [-0.2, 0) is 0 Å². The smallest absolute Gasteiger partial charge is 0.174 e. The molecule has 0 fully saturated rings. The Hall–Kier alpha value is -2.49. The molecule has 3 aromatic rings. The first-order valence-electron chi connectivity index (χ1n) is 5.25. The maximum atomic E-state index is 5.76. The number of fused-ring (bicyclic) bond motifs is 1. The zero-order chi connectivity index (χ0) is 11.8. The molecule has 4 nitrogen and oxygen atoms in total. The Kier molecular flexibility index (Phi) is 2.01. The molecule has 17 heavy (non-hydrogen) atoms. The normalized spacial score (nSPS) is 10.8. The molecule has 4 heteroatoms. The maximum Gasteiger partial charge on any atom is 0.174 e. The lowest BCUT2D eigenvalue weighted by Gasteiger charge is -2.02. The Bertz CT molecular complexity index is 688. The SMILES string of the molecule is Nc1cccc(-c2ccc3onc(N)c3c2)c1. The van der Waals surface area contributed by atoms with Crippen molar-refractivity contribution in [2.45, 2.75) is 0 Å². The Labute approximate surface area is 97.8 Å². The lowest BCUT2D eigenvalue weighted by atomic mass is 10.0. The molecule has 0 aliphatic heterocycles. The van der Waals surface area contributed by atoms with Crippen LogP contribution in [0.3, 0.4) is 0 Å². The number of hydrogen-bond donors (Lipinski definition) is 2. The zero-order valence-electron chi connectivity index (χ0n) is 9.05. The van der Waals surface area contributed by atoms with Crippen LogP contribution in [0.25, 0.3) is 22.1 Å². The minimum atomic E-state index is 0.408. The number of benzene rings is 2. The first-order chi connectivity index (χ1) is 8.24. The van der Waals surface area contributed by atoms with Gasteiger partial charge in [0.15, 0.2) is 11.4 Å². The number of nitrogen functional groups attached to an aromatic ring is 2. The lowest BCUT2D eigenvalue weighted by molar-refractivity contribution is 0.460. The predicted molar refractivity (Wildman–Crippen MR) is 68.3 cm³/mol. The first kappa shape index (κ1) is 9.72. The average Bonchev–Trinajstić information content (AvgIpc) is 2.71. The van der Waals surface area contributed by atoms with Crippen LogP contribution < -0.4 is 11.5 Å². The highest BCUT2D eigenvalue weighted by atomic mass is 16.5. The van der Waals surface area contributed by atoms with E-state index in [4.69, 9.17) is 16.0 Å². The van der Waals surface area contributed by atoms with E-state index in [0.717, 1.165) is 22.2 Å². The van der Waals surface area contributed by atoms with Gasteiger partial charge in [-0.1, -0.05) is 23.4 Å². The van der Waals surface area contributed by atoms with Gasteiger partial charge in [-0.2, -0.15) is 0 Å². The van der Waals surface area contributed by atoms with E-state index in [9.17, 15) is 0 Å². The highest BCUT2D eigenvalue weighted by Gasteiger charge is 2.06. The van der Waals surface area contributed by atoms with Crippen molar-refractivity contribution in [2.75, 3.05) is 11.5 Å². The Morgan fingerprint density at radius 3 is 2.59 bits per heavy atom. The molecule has 0 spiro atoms. The third-order valence-corrected chi connectivity index (χ3v) is 2.72. The average molecular weight is 225 g/mol. The minimum Gasteiger partial charge on any atom is -0.399 e. The first-order valence-corrected chi connectivity index (χ1v) is 5.25. The van der Waals surface area contributed by atoms with E-state index in [0.29, 0.717) is 11.4 Å². The van der Waals surface area contributed by atoms with Crippen LogP contribution in [0.5, 0.6) is 0 Å². The summed E-state index contributed by atoms with van der Waals surface area (Å²) in [5.41, 5.74) is 15.0. The van der Waals surface area contributed by atoms with Crippen molar-refractivity contribution in [1.82, 2.24) is 5.16 Å². The third-order valence-electron chi connectivity index (χ3n) is 2.72. The standard InChI is InChI=1S/C13H11N3O/c14-10-3-1-2-8(6-10)9-4-5-12-11(7-9)13(15)16-17-12/h1-7H,14H2,(H2,15,16). The highest BCUT2D eigenvalue weighted by Crippen LogP contribution is 2.28. The largest absolute Gasteiger partial charge is 0.399 e. The predicted octanol–water partition coefficient (Wildman–Crippen LogP) is 2.66. The summed E-state index contributed by atoms with van der Waals surface area (Å²) in [6.07, 6.45) is 0. The van der Waals surface area contributed by atoms with Crippen LogP contribution in [0.2, 0.25) is 0 Å². The molecule has 4 N–H and O–H groups in total. The van der Waals surface area contributed by atoms with Crippen LogP contribution in [0, 0.1) is 0 Å². The van der Waals surface area contributed by atoms with E-state index in [1.54, 1.807) is 0 Å². The summed E-state index contributed by atoms with van der Waals surface area (Å²) in [5, 5.41) is 4.55. The molecular formula is C13H11N3O. The van der Waals surface area contributed by atoms with Gasteiger partial charge in [0.05, 0.1) is 5.39 Å².